The zero-order valence-electron chi connectivity index (χ0n) is 16.7. The number of hydrogen-bond acceptors (Lipinski definition) is 6. The van der Waals surface area contributed by atoms with E-state index >= 15 is 0 Å². The Bertz CT molecular complexity index is 1260. The number of halogens is 3. The second-order valence-electron chi connectivity index (χ2n) is 8.03. The van der Waals surface area contributed by atoms with Crippen LogP contribution in [-0.2, 0) is 6.42 Å². The molecule has 0 saturated carbocycles. The maximum Gasteiger partial charge on any atom is 0.393 e. The van der Waals surface area contributed by atoms with Crippen molar-refractivity contribution in [1.82, 2.24) is 24.6 Å². The summed E-state index contributed by atoms with van der Waals surface area (Å²) in [5.41, 5.74) is 1.27. The third-order valence-electron chi connectivity index (χ3n) is 5.77. The molecule has 1 N–H and O–H groups in total. The van der Waals surface area contributed by atoms with Crippen LogP contribution in [-0.4, -0.2) is 56.1 Å². The van der Waals surface area contributed by atoms with Crippen LogP contribution in [0.5, 0.6) is 5.75 Å². The van der Waals surface area contributed by atoms with Crippen molar-refractivity contribution in [3.8, 4) is 17.0 Å². The van der Waals surface area contributed by atoms with E-state index in [1.807, 2.05) is 4.57 Å². The molecule has 4 aromatic rings. The molecule has 1 saturated heterocycles. The Hall–Kier alpha value is -3.14. The van der Waals surface area contributed by atoms with E-state index in [4.69, 9.17) is 4.42 Å². The number of benzene rings is 1. The first-order chi connectivity index (χ1) is 14.8. The number of hydrogen-bond donors (Lipinski definition) is 1. The Kier molecular flexibility index (Phi) is 4.62. The predicted octanol–water partition coefficient (Wildman–Crippen LogP) is 4.32. The second kappa shape index (κ2) is 7.23. The molecule has 1 aliphatic rings. The average Bonchev–Trinajstić information content (AvgIpc) is 3.33. The summed E-state index contributed by atoms with van der Waals surface area (Å²) in [5, 5.41) is 19.5. The first-order valence-corrected chi connectivity index (χ1v) is 9.98. The lowest BCUT2D eigenvalue weighted by molar-refractivity contribution is -0.127. The summed E-state index contributed by atoms with van der Waals surface area (Å²) in [6.07, 6.45) is -0.618. The summed E-state index contributed by atoms with van der Waals surface area (Å²) in [4.78, 5) is 6.65. The summed E-state index contributed by atoms with van der Waals surface area (Å²) < 4.78 is 46.8. The molecule has 7 nitrogen and oxygen atoms in total. The highest BCUT2D eigenvalue weighted by Gasteiger charge is 2.31. The number of imidazole rings is 1. The van der Waals surface area contributed by atoms with Gasteiger partial charge < -0.3 is 19.0 Å². The molecule has 10 heteroatoms. The minimum atomic E-state index is -4.46. The SMILES string of the molecule is CN1CCC[C@@H](n2cnc3cc(-c4c(CC(F)(F)F)cc5occc5c4O)nnc32)C1. The molecule has 0 radical (unpaired) electrons. The third kappa shape index (κ3) is 3.60. The minimum Gasteiger partial charge on any atom is -0.506 e. The molecule has 162 valence electrons. The molecule has 5 rings (SSSR count). The van der Waals surface area contributed by atoms with Crippen LogP contribution in [0.1, 0.15) is 24.4 Å². The van der Waals surface area contributed by atoms with Gasteiger partial charge in [-0.2, -0.15) is 13.2 Å². The summed E-state index contributed by atoms with van der Waals surface area (Å²) in [5.74, 6) is -0.313. The van der Waals surface area contributed by atoms with Crippen molar-refractivity contribution in [3.63, 3.8) is 0 Å². The molecule has 0 amide bonds. The number of furan rings is 1. The Morgan fingerprint density at radius 3 is 2.87 bits per heavy atom. The molecule has 1 aliphatic heterocycles. The number of phenolic OH excluding ortho intramolecular Hbond substituents is 1. The number of aromatic nitrogens is 4. The van der Waals surface area contributed by atoms with Gasteiger partial charge in [-0.1, -0.05) is 0 Å². The van der Waals surface area contributed by atoms with Crippen LogP contribution in [0.25, 0.3) is 33.4 Å². The van der Waals surface area contributed by atoms with Crippen molar-refractivity contribution in [2.24, 2.45) is 0 Å². The summed E-state index contributed by atoms with van der Waals surface area (Å²) in [6, 6.07) is 4.58. The molecule has 31 heavy (non-hydrogen) atoms. The average molecular weight is 431 g/mol. The zero-order valence-corrected chi connectivity index (χ0v) is 16.7. The molecule has 0 spiro atoms. The fraction of sp³-hybridized carbons (Fsp3) is 0.381. The van der Waals surface area contributed by atoms with E-state index < -0.39 is 12.6 Å². The van der Waals surface area contributed by atoms with Crippen LogP contribution >= 0.6 is 0 Å². The molecule has 0 bridgehead atoms. The number of aromatic hydroxyl groups is 1. The number of fused-ring (bicyclic) bond motifs is 2. The fourth-order valence-corrected chi connectivity index (χ4v) is 4.38. The quantitative estimate of drug-likeness (QED) is 0.521. The van der Waals surface area contributed by atoms with Gasteiger partial charge in [-0.05, 0) is 50.2 Å². The molecule has 4 heterocycles. The highest BCUT2D eigenvalue weighted by molar-refractivity contribution is 5.94. The van der Waals surface area contributed by atoms with E-state index in [1.165, 1.54) is 18.4 Å². The molecular weight excluding hydrogens is 411 g/mol. The molecular formula is C21H20F3N5O2. The number of rotatable bonds is 3. The van der Waals surface area contributed by atoms with E-state index in [-0.39, 0.29) is 34.2 Å². The van der Waals surface area contributed by atoms with E-state index in [2.05, 4.69) is 27.1 Å². The smallest absolute Gasteiger partial charge is 0.393 e. The van der Waals surface area contributed by atoms with Crippen molar-refractivity contribution < 1.29 is 22.7 Å². The van der Waals surface area contributed by atoms with Crippen molar-refractivity contribution in [3.05, 3.63) is 36.4 Å². The topological polar surface area (TPSA) is 80.2 Å². The van der Waals surface area contributed by atoms with Gasteiger partial charge in [0.05, 0.1) is 30.1 Å². The van der Waals surface area contributed by atoms with E-state index in [0.29, 0.717) is 16.6 Å². The number of likely N-dealkylation sites (N-methyl/N-ethyl adjacent to an activating group) is 1. The lowest BCUT2D eigenvalue weighted by Gasteiger charge is -2.30. The largest absolute Gasteiger partial charge is 0.506 e. The molecule has 0 unspecified atom stereocenters. The molecule has 0 aliphatic carbocycles. The number of nitrogens with zero attached hydrogens (tertiary/aromatic N) is 5. The van der Waals surface area contributed by atoms with Crippen molar-refractivity contribution >= 4 is 22.1 Å². The van der Waals surface area contributed by atoms with Gasteiger partial charge in [-0.25, -0.2) is 4.98 Å². The predicted molar refractivity (Wildman–Crippen MR) is 108 cm³/mol. The molecule has 1 aromatic carbocycles. The number of likely N-dealkylation sites (tertiary alicyclic amines) is 1. The lowest BCUT2D eigenvalue weighted by atomic mass is 9.97. The Labute approximate surface area is 175 Å². The molecule has 1 atom stereocenters. The van der Waals surface area contributed by atoms with Crippen molar-refractivity contribution in [2.75, 3.05) is 20.1 Å². The van der Waals surface area contributed by atoms with Crippen LogP contribution in [0.15, 0.2) is 35.2 Å². The normalized spacial score (nSPS) is 18.3. The monoisotopic (exact) mass is 431 g/mol. The van der Waals surface area contributed by atoms with Gasteiger partial charge in [0, 0.05) is 18.2 Å². The van der Waals surface area contributed by atoms with Crippen LogP contribution in [0, 0.1) is 0 Å². The van der Waals surface area contributed by atoms with Gasteiger partial charge in [-0.3, -0.25) is 0 Å². The maximum absolute atomic E-state index is 13.2. The summed E-state index contributed by atoms with van der Waals surface area (Å²) >= 11 is 0. The zero-order chi connectivity index (χ0) is 21.8. The van der Waals surface area contributed by atoms with Gasteiger partial charge in [-0.15, -0.1) is 10.2 Å². The Morgan fingerprint density at radius 1 is 1.26 bits per heavy atom. The summed E-state index contributed by atoms with van der Waals surface area (Å²) in [6.45, 7) is 1.90. The first kappa shape index (κ1) is 19.8. The highest BCUT2D eigenvalue weighted by atomic mass is 19.4. The number of phenols is 1. The second-order valence-corrected chi connectivity index (χ2v) is 8.03. The first-order valence-electron chi connectivity index (χ1n) is 9.98. The molecule has 3 aromatic heterocycles. The lowest BCUT2D eigenvalue weighted by Crippen LogP contribution is -2.33. The van der Waals surface area contributed by atoms with Crippen molar-refractivity contribution in [2.45, 2.75) is 31.5 Å². The van der Waals surface area contributed by atoms with Crippen LogP contribution < -0.4 is 0 Å². The minimum absolute atomic E-state index is 0.00688. The van der Waals surface area contributed by atoms with Gasteiger partial charge in [0.2, 0.25) is 0 Å². The van der Waals surface area contributed by atoms with E-state index in [9.17, 15) is 18.3 Å². The van der Waals surface area contributed by atoms with Crippen LogP contribution in [0.4, 0.5) is 13.2 Å². The van der Waals surface area contributed by atoms with Gasteiger partial charge in [0.15, 0.2) is 5.65 Å². The third-order valence-corrected chi connectivity index (χ3v) is 5.77. The maximum atomic E-state index is 13.2. The van der Waals surface area contributed by atoms with Gasteiger partial charge in [0.25, 0.3) is 0 Å². The van der Waals surface area contributed by atoms with Crippen molar-refractivity contribution in [1.29, 1.82) is 0 Å². The Morgan fingerprint density at radius 2 is 2.10 bits per heavy atom. The van der Waals surface area contributed by atoms with E-state index in [1.54, 1.807) is 12.4 Å². The fourth-order valence-electron chi connectivity index (χ4n) is 4.38. The number of alkyl halides is 3. The van der Waals surface area contributed by atoms with Crippen LogP contribution in [0.2, 0.25) is 0 Å². The standard InChI is InChI=1S/C21H20F3N5O2/c1-28-5-2-3-13(10-28)29-11-25-16-8-15(26-27-20(16)29)18-12(9-21(22,23)24)7-17-14(19(18)30)4-6-31-17/h4,6-8,11,13,30H,2-3,5,9-10H2,1H3/t13-/m1/s1. The summed E-state index contributed by atoms with van der Waals surface area (Å²) in [7, 11) is 2.06. The van der Waals surface area contributed by atoms with Crippen LogP contribution in [0.3, 0.4) is 0 Å². The van der Waals surface area contributed by atoms with Gasteiger partial charge in [0.1, 0.15) is 16.8 Å². The number of piperidine rings is 1. The van der Waals surface area contributed by atoms with Gasteiger partial charge >= 0.3 is 6.18 Å². The molecule has 1 fully saturated rings. The Balaban J connectivity index is 1.62. The highest BCUT2D eigenvalue weighted by Crippen LogP contribution is 2.41. The van der Waals surface area contributed by atoms with E-state index in [0.717, 1.165) is 25.9 Å².